The summed E-state index contributed by atoms with van der Waals surface area (Å²) in [5.41, 5.74) is 4.60. The Morgan fingerprint density at radius 2 is 1.72 bits per heavy atom. The van der Waals surface area contributed by atoms with Crippen molar-refractivity contribution in [2.24, 2.45) is 5.92 Å². The van der Waals surface area contributed by atoms with Gasteiger partial charge in [-0.15, -0.1) is 0 Å². The molecule has 4 heteroatoms. The van der Waals surface area contributed by atoms with Crippen LogP contribution >= 0.6 is 0 Å². The number of carbonyl (C=O) groups is 1. The summed E-state index contributed by atoms with van der Waals surface area (Å²) in [4.78, 5) is 15.1. The normalized spacial score (nSPS) is 16.9. The number of aryl methyl sites for hydroxylation is 2. The van der Waals surface area contributed by atoms with Gasteiger partial charge in [-0.05, 0) is 75.8 Å². The maximum Gasteiger partial charge on any atom is 0.261 e. The van der Waals surface area contributed by atoms with Crippen molar-refractivity contribution in [1.82, 2.24) is 5.32 Å². The first kappa shape index (κ1) is 21.2. The number of anilines is 1. The van der Waals surface area contributed by atoms with Crippen molar-refractivity contribution in [2.45, 2.75) is 59.6 Å². The monoisotopic (exact) mass is 394 g/mol. The second-order valence-electron chi connectivity index (χ2n) is 8.52. The van der Waals surface area contributed by atoms with Gasteiger partial charge >= 0.3 is 0 Å². The van der Waals surface area contributed by atoms with Crippen molar-refractivity contribution in [2.75, 3.05) is 18.0 Å². The Labute approximate surface area is 175 Å². The van der Waals surface area contributed by atoms with Gasteiger partial charge in [0.25, 0.3) is 5.91 Å². The number of hydrogen-bond acceptors (Lipinski definition) is 3. The topological polar surface area (TPSA) is 41.6 Å². The second kappa shape index (κ2) is 9.34. The summed E-state index contributed by atoms with van der Waals surface area (Å²) in [7, 11) is 0. The summed E-state index contributed by atoms with van der Waals surface area (Å²) in [6, 6.07) is 14.5. The van der Waals surface area contributed by atoms with Crippen molar-refractivity contribution in [3.05, 3.63) is 59.2 Å². The highest BCUT2D eigenvalue weighted by atomic mass is 16.5. The molecule has 1 aliphatic rings. The Hall–Kier alpha value is -2.49. The molecular weight excluding hydrogens is 360 g/mol. The molecule has 1 saturated heterocycles. The van der Waals surface area contributed by atoms with Gasteiger partial charge in [-0.3, -0.25) is 4.79 Å². The average Bonchev–Trinajstić information content (AvgIpc) is 2.70. The highest BCUT2D eigenvalue weighted by Gasteiger charge is 2.19. The summed E-state index contributed by atoms with van der Waals surface area (Å²) in [5.74, 6) is 1.48. The second-order valence-corrected chi connectivity index (χ2v) is 8.52. The lowest BCUT2D eigenvalue weighted by molar-refractivity contribution is -0.127. The number of benzene rings is 2. The molecule has 2 atom stereocenters. The maximum atomic E-state index is 12.6. The summed E-state index contributed by atoms with van der Waals surface area (Å²) < 4.78 is 5.89. The van der Waals surface area contributed by atoms with E-state index in [9.17, 15) is 4.79 Å². The number of nitrogens with zero attached hydrogens (tertiary/aromatic N) is 1. The van der Waals surface area contributed by atoms with Crippen molar-refractivity contribution in [1.29, 1.82) is 0 Å². The van der Waals surface area contributed by atoms with Gasteiger partial charge < -0.3 is 15.0 Å². The zero-order chi connectivity index (χ0) is 21.0. The van der Waals surface area contributed by atoms with Gasteiger partial charge in [-0.25, -0.2) is 0 Å². The number of rotatable bonds is 6. The van der Waals surface area contributed by atoms with Gasteiger partial charge in [0.15, 0.2) is 6.10 Å². The van der Waals surface area contributed by atoms with E-state index < -0.39 is 6.10 Å². The molecule has 1 amide bonds. The lowest BCUT2D eigenvalue weighted by atomic mass is 9.98. The number of carbonyl (C=O) groups excluding carboxylic acids is 1. The smallest absolute Gasteiger partial charge is 0.261 e. The minimum atomic E-state index is -0.548. The molecule has 2 aromatic rings. The van der Waals surface area contributed by atoms with Gasteiger partial charge in [0.05, 0.1) is 6.04 Å². The van der Waals surface area contributed by atoms with E-state index in [4.69, 9.17) is 4.74 Å². The van der Waals surface area contributed by atoms with E-state index in [1.54, 1.807) is 6.92 Å². The number of hydrogen-bond donors (Lipinski definition) is 1. The van der Waals surface area contributed by atoms with E-state index in [1.807, 2.05) is 32.9 Å². The van der Waals surface area contributed by atoms with Gasteiger partial charge in [0.1, 0.15) is 5.75 Å². The summed E-state index contributed by atoms with van der Waals surface area (Å²) in [5, 5.41) is 3.07. The fourth-order valence-electron chi connectivity index (χ4n) is 3.83. The van der Waals surface area contributed by atoms with Crippen LogP contribution in [0.1, 0.15) is 56.3 Å². The molecule has 0 saturated carbocycles. The molecular formula is C25H34N2O2. The molecule has 156 valence electrons. The fraction of sp³-hybridized carbons (Fsp3) is 0.480. The highest BCUT2D eigenvalue weighted by Crippen LogP contribution is 2.25. The number of nitrogens with one attached hydrogen (secondary N) is 1. The molecule has 0 radical (unpaired) electrons. The first-order valence-corrected chi connectivity index (χ1v) is 10.7. The van der Waals surface area contributed by atoms with Crippen molar-refractivity contribution in [3.8, 4) is 5.75 Å². The van der Waals surface area contributed by atoms with E-state index in [2.05, 4.69) is 47.5 Å². The Kier molecular flexibility index (Phi) is 6.83. The molecule has 2 aromatic carbocycles. The third kappa shape index (κ3) is 5.53. The van der Waals surface area contributed by atoms with Crippen LogP contribution in [-0.4, -0.2) is 25.1 Å². The van der Waals surface area contributed by atoms with E-state index in [-0.39, 0.29) is 11.9 Å². The van der Waals surface area contributed by atoms with E-state index in [0.29, 0.717) is 0 Å². The van der Waals surface area contributed by atoms with Gasteiger partial charge in [0.2, 0.25) is 0 Å². The molecule has 4 nitrogen and oxygen atoms in total. The Balaban J connectivity index is 1.56. The fourth-order valence-corrected chi connectivity index (χ4v) is 3.83. The Bertz CT molecular complexity index is 823. The van der Waals surface area contributed by atoms with Crippen LogP contribution < -0.4 is 15.0 Å². The number of amides is 1. The van der Waals surface area contributed by atoms with Crippen LogP contribution in [0.25, 0.3) is 0 Å². The Morgan fingerprint density at radius 1 is 1.07 bits per heavy atom. The van der Waals surface area contributed by atoms with Crippen molar-refractivity contribution in [3.63, 3.8) is 0 Å². The Morgan fingerprint density at radius 3 is 2.34 bits per heavy atom. The van der Waals surface area contributed by atoms with Gasteiger partial charge in [-0.2, -0.15) is 0 Å². The van der Waals surface area contributed by atoms with Crippen LogP contribution in [0.4, 0.5) is 5.69 Å². The first-order valence-electron chi connectivity index (χ1n) is 10.7. The maximum absolute atomic E-state index is 12.6. The molecule has 3 rings (SSSR count). The molecule has 0 unspecified atom stereocenters. The molecule has 1 fully saturated rings. The molecule has 0 spiro atoms. The minimum absolute atomic E-state index is 0.0666. The van der Waals surface area contributed by atoms with Crippen molar-refractivity contribution < 1.29 is 9.53 Å². The van der Waals surface area contributed by atoms with Crippen LogP contribution in [0.2, 0.25) is 0 Å². The minimum Gasteiger partial charge on any atom is -0.481 e. The standard InChI is InChI=1S/C25H34N2O2/c1-17-12-14-27(15-13-17)23-9-7-22(8-10-23)20(4)26-25(28)21(5)29-24-11-6-18(2)16-19(24)3/h6-11,16-17,20-21H,12-15H2,1-5H3,(H,26,28)/t20-,21+/m0/s1. The summed E-state index contributed by atoms with van der Waals surface area (Å²) in [6.45, 7) is 12.4. The lowest BCUT2D eigenvalue weighted by Crippen LogP contribution is -2.38. The first-order chi connectivity index (χ1) is 13.8. The third-order valence-corrected chi connectivity index (χ3v) is 5.90. The van der Waals surface area contributed by atoms with E-state index >= 15 is 0 Å². The average molecular weight is 395 g/mol. The van der Waals surface area contributed by atoms with E-state index in [0.717, 1.165) is 35.9 Å². The molecule has 1 N–H and O–H groups in total. The molecule has 0 bridgehead atoms. The quantitative estimate of drug-likeness (QED) is 0.733. The third-order valence-electron chi connectivity index (χ3n) is 5.90. The summed E-state index contributed by atoms with van der Waals surface area (Å²) >= 11 is 0. The van der Waals surface area contributed by atoms with E-state index in [1.165, 1.54) is 24.1 Å². The molecule has 1 aliphatic heterocycles. The van der Waals surface area contributed by atoms with Crippen molar-refractivity contribution >= 4 is 11.6 Å². The zero-order valence-corrected chi connectivity index (χ0v) is 18.4. The zero-order valence-electron chi connectivity index (χ0n) is 18.4. The number of ether oxygens (including phenoxy) is 1. The van der Waals surface area contributed by atoms with Crippen LogP contribution in [-0.2, 0) is 4.79 Å². The van der Waals surface area contributed by atoms with Gasteiger partial charge in [0, 0.05) is 18.8 Å². The van der Waals surface area contributed by atoms with Crippen LogP contribution in [0, 0.1) is 19.8 Å². The largest absolute Gasteiger partial charge is 0.481 e. The molecule has 29 heavy (non-hydrogen) atoms. The van der Waals surface area contributed by atoms with Crippen LogP contribution in [0.5, 0.6) is 5.75 Å². The van der Waals surface area contributed by atoms with Crippen LogP contribution in [0.15, 0.2) is 42.5 Å². The van der Waals surface area contributed by atoms with Gasteiger partial charge in [-0.1, -0.05) is 36.8 Å². The SMILES string of the molecule is Cc1ccc(O[C@H](C)C(=O)N[C@@H](C)c2ccc(N3CCC(C)CC3)cc2)c(C)c1. The predicted molar refractivity (Wildman–Crippen MR) is 120 cm³/mol. The molecule has 1 heterocycles. The number of piperidine rings is 1. The van der Waals surface area contributed by atoms with Crippen LogP contribution in [0.3, 0.4) is 0 Å². The molecule has 0 aliphatic carbocycles. The molecule has 0 aromatic heterocycles. The summed E-state index contributed by atoms with van der Waals surface area (Å²) in [6.07, 6.45) is 1.97. The lowest BCUT2D eigenvalue weighted by Gasteiger charge is -2.32. The highest BCUT2D eigenvalue weighted by molar-refractivity contribution is 5.81. The predicted octanol–water partition coefficient (Wildman–Crippen LogP) is 5.18.